The average molecular weight is 1100 g/mol. The number of aliphatic hydroxyl groups is 2. The Bertz CT molecular complexity index is 2430. The Morgan fingerprint density at radius 3 is 2.33 bits per heavy atom. The number of rotatable bonds is 33. The molecule has 1 aliphatic rings. The van der Waals surface area contributed by atoms with Crippen LogP contribution in [-0.2, 0) is 57.1 Å². The molecule has 0 saturated carbocycles. The van der Waals surface area contributed by atoms with Crippen LogP contribution in [0.3, 0.4) is 0 Å². The number of aryl methyl sites for hydroxylation is 1. The first kappa shape index (κ1) is 61.1. The summed E-state index contributed by atoms with van der Waals surface area (Å²) in [6.07, 6.45) is 9.47. The fourth-order valence-corrected chi connectivity index (χ4v) is 11.0. The number of phosphoric ester groups is 3. The second-order valence-corrected chi connectivity index (χ2v) is 23.3. The molecule has 0 aromatic carbocycles. The highest BCUT2D eigenvalue weighted by molar-refractivity contribution is 8.13. The minimum atomic E-state index is -5.58. The smallest absolute Gasteiger partial charge is 0.461 e. The van der Waals surface area contributed by atoms with E-state index in [4.69, 9.17) is 23.9 Å². The predicted molar refractivity (Wildman–Crippen MR) is 264 cm³/mol. The van der Waals surface area contributed by atoms with Crippen molar-refractivity contribution < 1.29 is 84.9 Å². The van der Waals surface area contributed by atoms with E-state index in [1.807, 2.05) is 0 Å². The lowest BCUT2D eigenvalue weighted by Gasteiger charge is -2.30. The van der Waals surface area contributed by atoms with E-state index in [2.05, 4.69) is 67.3 Å². The Kier molecular flexibility index (Phi) is 24.2. The molecule has 1 fully saturated rings. The van der Waals surface area contributed by atoms with Crippen molar-refractivity contribution in [3.63, 3.8) is 0 Å². The van der Waals surface area contributed by atoms with Crippen molar-refractivity contribution in [3.05, 3.63) is 41.4 Å². The zero-order valence-electron chi connectivity index (χ0n) is 41.1. The largest absolute Gasteiger partial charge is 0.481 e. The SMILES string of the molecule is CCCCCc1oc(/C=C/CCCCCCCCC(=O)SCCNC(=O)CCNC(=O)C(O)C(C)(C)COP(=O)(O)OP(=O)(O)OCC2OC(n3cnc4c(N)ncnc43)C(O)C2OP(=O)(O)O)c(C)c1C. The highest BCUT2D eigenvalue weighted by atomic mass is 32.2. The summed E-state index contributed by atoms with van der Waals surface area (Å²) in [7, 11) is -16.4. The Balaban J connectivity index is 1.06. The number of unbranched alkanes of at least 4 members (excludes halogenated alkanes) is 8. The molecular weight excluding hydrogens is 1030 g/mol. The molecule has 2 amide bonds. The van der Waals surface area contributed by atoms with Crippen LogP contribution < -0.4 is 16.4 Å². The number of carbonyl (C=O) groups excluding carboxylic acids is 3. The quantitative estimate of drug-likeness (QED) is 0.0271. The molecule has 0 radical (unpaired) electrons. The minimum absolute atomic E-state index is 0.0309. The first-order valence-corrected chi connectivity index (χ1v) is 29.2. The maximum atomic E-state index is 12.8. The number of hydrogen-bond donors (Lipinski definition) is 9. The number of hydrogen-bond acceptors (Lipinski definition) is 19. The number of anilines is 1. The third kappa shape index (κ3) is 19.7. The lowest BCUT2D eigenvalue weighted by molar-refractivity contribution is -0.137. The first-order valence-electron chi connectivity index (χ1n) is 23.6. The topological polar surface area (TPSA) is 377 Å². The number of aliphatic hydroxyl groups excluding tert-OH is 2. The summed E-state index contributed by atoms with van der Waals surface area (Å²) in [4.78, 5) is 88.6. The zero-order valence-corrected chi connectivity index (χ0v) is 44.6. The van der Waals surface area contributed by atoms with Crippen molar-refractivity contribution in [1.29, 1.82) is 0 Å². The number of nitrogen functional groups attached to an aromatic ring is 1. The number of carbonyl (C=O) groups is 3. The third-order valence-electron chi connectivity index (χ3n) is 11.6. The summed E-state index contributed by atoms with van der Waals surface area (Å²) < 4.78 is 68.6. The zero-order chi connectivity index (χ0) is 53.3. The number of nitrogens with zero attached hydrogens (tertiary/aromatic N) is 4. The van der Waals surface area contributed by atoms with E-state index in [1.54, 1.807) is 0 Å². The number of furan rings is 1. The number of thioether (sulfide) groups is 1. The number of amides is 2. The van der Waals surface area contributed by atoms with Crippen molar-refractivity contribution in [2.45, 2.75) is 149 Å². The van der Waals surface area contributed by atoms with Crippen molar-refractivity contribution >= 4 is 75.2 Å². The number of nitrogens with two attached hydrogens (primary N) is 1. The molecule has 0 spiro atoms. The summed E-state index contributed by atoms with van der Waals surface area (Å²) in [5, 5.41) is 26.7. The molecule has 25 nitrogen and oxygen atoms in total. The number of phosphoric acid groups is 3. The van der Waals surface area contributed by atoms with Crippen molar-refractivity contribution in [3.8, 4) is 0 Å². The molecule has 4 heterocycles. The summed E-state index contributed by atoms with van der Waals surface area (Å²) >= 11 is 1.14. The maximum absolute atomic E-state index is 12.8. The van der Waals surface area contributed by atoms with Gasteiger partial charge in [0, 0.05) is 43.5 Å². The van der Waals surface area contributed by atoms with Gasteiger partial charge in [-0.05, 0) is 56.7 Å². The van der Waals surface area contributed by atoms with E-state index >= 15 is 0 Å². The van der Waals surface area contributed by atoms with E-state index in [9.17, 15) is 57.9 Å². The van der Waals surface area contributed by atoms with E-state index in [0.717, 1.165) is 98.3 Å². The van der Waals surface area contributed by atoms with Gasteiger partial charge in [0.05, 0.1) is 19.5 Å². The average Bonchev–Trinajstić information content (AvgIpc) is 3.95. The minimum Gasteiger partial charge on any atom is -0.461 e. The van der Waals surface area contributed by atoms with Gasteiger partial charge in [0.15, 0.2) is 22.8 Å². The standard InChI is InChI=1S/C43H70N7O18P3S/c1-6-7-14-17-30-28(2)29(3)31(65-30)18-15-12-10-8-9-11-13-16-19-34(52)72-23-22-45-33(51)20-21-46-41(55)38(54)43(4,5)25-64-71(61,62)68-70(59,60)63-24-32-37(67-69(56,57)58)36(53)42(66-32)50-27-49-35-39(44)47-26-48-40(35)50/h15,18,26-27,32,36-38,42,53-54H,6-14,16-17,19-25H2,1-5H3,(H,45,51)(H,46,55)(H,59,60)(H,61,62)(H2,44,47,48)(H2,56,57,58)/b18-15+. The van der Waals surface area contributed by atoms with Crippen molar-refractivity contribution in [2.75, 3.05) is 37.8 Å². The fraction of sp³-hybridized carbons (Fsp3) is 0.674. The van der Waals surface area contributed by atoms with E-state index in [0.29, 0.717) is 12.2 Å². The van der Waals surface area contributed by atoms with Gasteiger partial charge in [0.1, 0.15) is 47.8 Å². The monoisotopic (exact) mass is 1100 g/mol. The normalized spacial score (nSPS) is 19.7. The Morgan fingerprint density at radius 1 is 0.931 bits per heavy atom. The van der Waals surface area contributed by atoms with Gasteiger partial charge in [0.2, 0.25) is 11.8 Å². The number of nitrogens with one attached hydrogen (secondary N) is 2. The van der Waals surface area contributed by atoms with Crippen LogP contribution in [0.1, 0.15) is 127 Å². The molecule has 10 N–H and O–H groups in total. The second-order valence-electron chi connectivity index (χ2n) is 17.9. The molecule has 406 valence electrons. The highest BCUT2D eigenvalue weighted by Gasteiger charge is 2.50. The van der Waals surface area contributed by atoms with Gasteiger partial charge in [-0.25, -0.2) is 28.6 Å². The molecular formula is C43H70N7O18P3S. The molecule has 3 aromatic heterocycles. The highest BCUT2D eigenvalue weighted by Crippen LogP contribution is 2.61. The molecule has 7 unspecified atom stereocenters. The number of imidazole rings is 1. The summed E-state index contributed by atoms with van der Waals surface area (Å²) in [5.74, 6) is 1.000. The number of allylic oxidation sites excluding steroid dienone is 1. The van der Waals surface area contributed by atoms with Crippen LogP contribution in [-0.4, -0.2) is 123 Å². The third-order valence-corrected chi connectivity index (χ3v) is 15.7. The van der Waals surface area contributed by atoms with Crippen LogP contribution in [0.2, 0.25) is 0 Å². The molecule has 29 heteroatoms. The number of aromatic nitrogens is 4. The molecule has 4 rings (SSSR count). The van der Waals surface area contributed by atoms with Gasteiger partial charge in [-0.2, -0.15) is 4.31 Å². The van der Waals surface area contributed by atoms with Gasteiger partial charge < -0.3 is 55.3 Å². The molecule has 3 aromatic rings. The van der Waals surface area contributed by atoms with E-state index < -0.39 is 84.6 Å². The molecule has 1 saturated heterocycles. The van der Waals surface area contributed by atoms with Gasteiger partial charge in [-0.1, -0.05) is 77.1 Å². The van der Waals surface area contributed by atoms with Gasteiger partial charge >= 0.3 is 23.5 Å². The molecule has 1 aliphatic heterocycles. The Hall–Kier alpha value is -3.42. The van der Waals surface area contributed by atoms with Crippen LogP contribution >= 0.6 is 35.2 Å². The van der Waals surface area contributed by atoms with E-state index in [1.165, 1.54) is 37.8 Å². The Labute approximate surface area is 422 Å². The number of fused-ring (bicyclic) bond motifs is 1. The molecule has 72 heavy (non-hydrogen) atoms. The summed E-state index contributed by atoms with van der Waals surface area (Å²) in [6, 6.07) is 0. The molecule has 7 atom stereocenters. The maximum Gasteiger partial charge on any atom is 0.481 e. The Morgan fingerprint density at radius 2 is 1.62 bits per heavy atom. The summed E-state index contributed by atoms with van der Waals surface area (Å²) in [6.45, 7) is 6.98. The van der Waals surface area contributed by atoms with Gasteiger partial charge in [-0.3, -0.25) is 32.5 Å². The van der Waals surface area contributed by atoms with E-state index in [-0.39, 0.29) is 41.6 Å². The molecule has 0 bridgehead atoms. The van der Waals surface area contributed by atoms with Crippen molar-refractivity contribution in [2.24, 2.45) is 5.41 Å². The second kappa shape index (κ2) is 28.5. The fourth-order valence-electron chi connectivity index (χ4n) is 7.41. The number of ether oxygens (including phenoxy) is 1. The lowest BCUT2D eigenvalue weighted by atomic mass is 9.87. The van der Waals surface area contributed by atoms with Crippen molar-refractivity contribution in [1.82, 2.24) is 30.2 Å². The van der Waals surface area contributed by atoms with Gasteiger partial charge in [0.25, 0.3) is 0 Å². The first-order chi connectivity index (χ1) is 33.8. The van der Waals surface area contributed by atoms with Crippen LogP contribution in [0.5, 0.6) is 0 Å². The lowest BCUT2D eigenvalue weighted by Crippen LogP contribution is -2.46. The predicted octanol–water partition coefficient (Wildman–Crippen LogP) is 5.44. The van der Waals surface area contributed by atoms with Crippen LogP contribution in [0.4, 0.5) is 5.82 Å². The molecule has 0 aliphatic carbocycles. The van der Waals surface area contributed by atoms with Gasteiger partial charge in [-0.15, -0.1) is 0 Å². The van der Waals surface area contributed by atoms with Crippen LogP contribution in [0.25, 0.3) is 17.2 Å². The van der Waals surface area contributed by atoms with Crippen LogP contribution in [0.15, 0.2) is 23.1 Å². The summed E-state index contributed by atoms with van der Waals surface area (Å²) in [5.41, 5.74) is 6.75. The van der Waals surface area contributed by atoms with Crippen LogP contribution in [0, 0.1) is 19.3 Å².